The van der Waals surface area contributed by atoms with Crippen LogP contribution < -0.4 is 9.88 Å². The molecule has 2 aromatic rings. The fraction of sp³-hybridized carbons (Fsp3) is 0.0769. The van der Waals surface area contributed by atoms with E-state index in [0.717, 1.165) is 0 Å². The first kappa shape index (κ1) is 14.0. The molecule has 0 saturated carbocycles. The smallest absolute Gasteiger partial charge is 0.290 e. The quantitative estimate of drug-likeness (QED) is 0.533. The molecule has 0 atom stereocenters. The van der Waals surface area contributed by atoms with E-state index in [1.807, 2.05) is 18.2 Å². The number of benzene rings is 1. The molecule has 1 heterocycles. The van der Waals surface area contributed by atoms with Crippen molar-refractivity contribution < 1.29 is 14.3 Å². The van der Waals surface area contributed by atoms with E-state index in [0.29, 0.717) is 5.69 Å². The molecule has 1 aromatic heterocycles. The first-order valence-corrected chi connectivity index (χ1v) is 6.12. The molecule has 0 fully saturated rings. The standard InChI is InChI=1S/C13H10ClN3O3/c14-11-8-10(17(19)20)4-5-12(11)15-13(18)9-16-6-2-1-3-7-16/h1-8H,9H2/p+1. The van der Waals surface area contributed by atoms with Crippen molar-refractivity contribution in [2.45, 2.75) is 6.54 Å². The van der Waals surface area contributed by atoms with Gasteiger partial charge in [-0.25, -0.2) is 0 Å². The SMILES string of the molecule is O=C(C[n+]1ccccc1)Nc1ccc([N+](=O)[O-])cc1Cl. The average Bonchev–Trinajstić information content (AvgIpc) is 2.42. The molecule has 0 radical (unpaired) electrons. The Morgan fingerprint density at radius 3 is 2.60 bits per heavy atom. The lowest BCUT2D eigenvalue weighted by molar-refractivity contribution is -0.684. The van der Waals surface area contributed by atoms with Gasteiger partial charge in [0.05, 0.1) is 15.6 Å². The van der Waals surface area contributed by atoms with Crippen molar-refractivity contribution in [1.82, 2.24) is 0 Å². The van der Waals surface area contributed by atoms with Crippen molar-refractivity contribution in [2.75, 3.05) is 5.32 Å². The molecule has 20 heavy (non-hydrogen) atoms. The van der Waals surface area contributed by atoms with Crippen molar-refractivity contribution in [3.8, 4) is 0 Å². The first-order chi connectivity index (χ1) is 9.56. The molecule has 0 aliphatic carbocycles. The van der Waals surface area contributed by atoms with Crippen LogP contribution in [0, 0.1) is 10.1 Å². The normalized spacial score (nSPS) is 10.1. The summed E-state index contributed by atoms with van der Waals surface area (Å²) >= 11 is 5.89. The summed E-state index contributed by atoms with van der Waals surface area (Å²) in [4.78, 5) is 21.9. The molecule has 2 rings (SSSR count). The average molecular weight is 293 g/mol. The number of non-ortho nitro benzene ring substituents is 1. The minimum absolute atomic E-state index is 0.120. The Kier molecular flexibility index (Phi) is 4.27. The van der Waals surface area contributed by atoms with E-state index < -0.39 is 4.92 Å². The highest BCUT2D eigenvalue weighted by molar-refractivity contribution is 6.33. The Morgan fingerprint density at radius 1 is 1.30 bits per heavy atom. The number of hydrogen-bond acceptors (Lipinski definition) is 3. The molecule has 0 saturated heterocycles. The number of nitrogens with zero attached hydrogens (tertiary/aromatic N) is 2. The van der Waals surface area contributed by atoms with Gasteiger partial charge in [-0.15, -0.1) is 0 Å². The number of nitrogens with one attached hydrogen (secondary N) is 1. The highest BCUT2D eigenvalue weighted by Crippen LogP contribution is 2.26. The van der Waals surface area contributed by atoms with Gasteiger partial charge in [0.2, 0.25) is 6.54 Å². The van der Waals surface area contributed by atoms with Gasteiger partial charge in [-0.05, 0) is 6.07 Å². The van der Waals surface area contributed by atoms with Crippen LogP contribution in [-0.2, 0) is 11.3 Å². The van der Waals surface area contributed by atoms with Gasteiger partial charge in [0.25, 0.3) is 11.6 Å². The third-order valence-corrected chi connectivity index (χ3v) is 2.85. The van der Waals surface area contributed by atoms with E-state index in [1.165, 1.54) is 18.2 Å². The van der Waals surface area contributed by atoms with Crippen molar-refractivity contribution in [1.29, 1.82) is 0 Å². The summed E-state index contributed by atoms with van der Waals surface area (Å²) in [5.41, 5.74) is 0.226. The van der Waals surface area contributed by atoms with Gasteiger partial charge in [0.1, 0.15) is 0 Å². The lowest BCUT2D eigenvalue weighted by Gasteiger charge is -2.05. The Morgan fingerprint density at radius 2 is 2.00 bits per heavy atom. The van der Waals surface area contributed by atoms with Crippen LogP contribution in [-0.4, -0.2) is 10.8 Å². The van der Waals surface area contributed by atoms with E-state index in [1.54, 1.807) is 17.0 Å². The predicted molar refractivity (Wildman–Crippen MR) is 73.4 cm³/mol. The predicted octanol–water partition coefficient (Wildman–Crippen LogP) is 2.17. The molecule has 0 spiro atoms. The van der Waals surface area contributed by atoms with Crippen LogP contribution in [0.5, 0.6) is 0 Å². The van der Waals surface area contributed by atoms with Gasteiger partial charge in [-0.1, -0.05) is 17.7 Å². The molecule has 0 unspecified atom stereocenters. The number of nitro groups is 1. The van der Waals surface area contributed by atoms with E-state index in [4.69, 9.17) is 11.6 Å². The second-order valence-electron chi connectivity index (χ2n) is 4.02. The molecule has 7 heteroatoms. The summed E-state index contributed by atoms with van der Waals surface area (Å²) in [7, 11) is 0. The minimum Gasteiger partial charge on any atom is -0.319 e. The fourth-order valence-corrected chi connectivity index (χ4v) is 1.84. The molecular weight excluding hydrogens is 282 g/mol. The summed E-state index contributed by atoms with van der Waals surface area (Å²) in [5.74, 6) is -0.267. The van der Waals surface area contributed by atoms with Gasteiger partial charge in [-0.2, -0.15) is 4.57 Å². The highest BCUT2D eigenvalue weighted by atomic mass is 35.5. The number of halogens is 1. The van der Waals surface area contributed by atoms with Gasteiger partial charge in [0.15, 0.2) is 12.4 Å². The van der Waals surface area contributed by atoms with Crippen LogP contribution in [0.2, 0.25) is 5.02 Å². The molecule has 0 bridgehead atoms. The number of pyridine rings is 1. The Hall–Kier alpha value is -2.47. The van der Waals surface area contributed by atoms with Crippen LogP contribution in [0.3, 0.4) is 0 Å². The lowest BCUT2D eigenvalue weighted by Crippen LogP contribution is -2.39. The Bertz CT molecular complexity index is 647. The Labute approximate surface area is 119 Å². The van der Waals surface area contributed by atoms with Crippen LogP contribution in [0.25, 0.3) is 0 Å². The third kappa shape index (κ3) is 3.52. The monoisotopic (exact) mass is 292 g/mol. The number of rotatable bonds is 4. The number of carbonyl (C=O) groups excluding carboxylic acids is 1. The van der Waals surface area contributed by atoms with E-state index >= 15 is 0 Å². The van der Waals surface area contributed by atoms with Gasteiger partial charge in [0, 0.05) is 24.3 Å². The van der Waals surface area contributed by atoms with Crippen LogP contribution >= 0.6 is 11.6 Å². The zero-order valence-electron chi connectivity index (χ0n) is 10.3. The summed E-state index contributed by atoms with van der Waals surface area (Å²) < 4.78 is 1.70. The fourth-order valence-electron chi connectivity index (χ4n) is 1.61. The maximum atomic E-state index is 11.8. The van der Waals surface area contributed by atoms with Crippen molar-refractivity contribution in [3.63, 3.8) is 0 Å². The van der Waals surface area contributed by atoms with Crippen molar-refractivity contribution in [2.24, 2.45) is 0 Å². The van der Waals surface area contributed by atoms with Crippen LogP contribution in [0.1, 0.15) is 0 Å². The van der Waals surface area contributed by atoms with E-state index in [2.05, 4.69) is 5.32 Å². The second kappa shape index (κ2) is 6.12. The maximum Gasteiger partial charge on any atom is 0.290 e. The molecule has 1 N–H and O–H groups in total. The van der Waals surface area contributed by atoms with Crippen LogP contribution in [0.15, 0.2) is 48.8 Å². The second-order valence-corrected chi connectivity index (χ2v) is 4.42. The van der Waals surface area contributed by atoms with E-state index in [-0.39, 0.29) is 23.2 Å². The number of nitro benzene ring substituents is 1. The molecule has 102 valence electrons. The molecular formula is C13H11ClN3O3+. The van der Waals surface area contributed by atoms with E-state index in [9.17, 15) is 14.9 Å². The molecule has 1 amide bonds. The van der Waals surface area contributed by atoms with Gasteiger partial charge >= 0.3 is 0 Å². The summed E-state index contributed by atoms with van der Waals surface area (Å²) in [5, 5.41) is 13.3. The minimum atomic E-state index is -0.544. The number of hydrogen-bond donors (Lipinski definition) is 1. The largest absolute Gasteiger partial charge is 0.319 e. The molecule has 6 nitrogen and oxygen atoms in total. The summed E-state index contributed by atoms with van der Waals surface area (Å²) in [6.45, 7) is 0.133. The number of carbonyl (C=O) groups is 1. The summed E-state index contributed by atoms with van der Waals surface area (Å²) in [6, 6.07) is 9.37. The number of amides is 1. The van der Waals surface area contributed by atoms with Gasteiger partial charge < -0.3 is 5.32 Å². The Balaban J connectivity index is 2.06. The third-order valence-electron chi connectivity index (χ3n) is 2.54. The zero-order valence-corrected chi connectivity index (χ0v) is 11.1. The van der Waals surface area contributed by atoms with Crippen LogP contribution in [0.4, 0.5) is 11.4 Å². The zero-order chi connectivity index (χ0) is 14.5. The molecule has 0 aliphatic rings. The van der Waals surface area contributed by atoms with Crippen molar-refractivity contribution >= 4 is 28.9 Å². The number of anilines is 1. The van der Waals surface area contributed by atoms with Crippen molar-refractivity contribution in [3.05, 3.63) is 63.9 Å². The molecule has 0 aliphatic heterocycles. The lowest BCUT2D eigenvalue weighted by atomic mass is 10.3. The highest BCUT2D eigenvalue weighted by Gasteiger charge is 2.13. The number of aromatic nitrogens is 1. The topological polar surface area (TPSA) is 76.1 Å². The molecule has 1 aromatic carbocycles. The maximum absolute atomic E-state index is 11.8. The van der Waals surface area contributed by atoms with Gasteiger partial charge in [-0.3, -0.25) is 14.9 Å². The summed E-state index contributed by atoms with van der Waals surface area (Å²) in [6.07, 6.45) is 3.52. The first-order valence-electron chi connectivity index (χ1n) is 5.74.